The van der Waals surface area contributed by atoms with Gasteiger partial charge in [0.2, 0.25) is 5.91 Å². The number of hydrogen-bond donors (Lipinski definition) is 0. The first-order valence-corrected chi connectivity index (χ1v) is 11.8. The fourth-order valence-corrected chi connectivity index (χ4v) is 4.53. The zero-order valence-corrected chi connectivity index (χ0v) is 19.9. The molecule has 1 fully saturated rings. The summed E-state index contributed by atoms with van der Waals surface area (Å²) in [6.07, 6.45) is 0. The number of aromatic nitrogens is 2. The first-order valence-electron chi connectivity index (χ1n) is 10.8. The largest absolute Gasteiger partial charge is 0.497 e. The molecule has 1 saturated heterocycles. The highest BCUT2D eigenvalue weighted by Crippen LogP contribution is 2.33. The van der Waals surface area contributed by atoms with E-state index in [0.717, 1.165) is 13.1 Å². The van der Waals surface area contributed by atoms with Crippen LogP contribution in [0.3, 0.4) is 0 Å². The van der Waals surface area contributed by atoms with Gasteiger partial charge in [-0.05, 0) is 24.6 Å². The molecule has 0 spiro atoms. The summed E-state index contributed by atoms with van der Waals surface area (Å²) in [5.41, 5.74) is 1.97. The third kappa shape index (κ3) is 5.48. The molecule has 8 nitrogen and oxygen atoms in total. The van der Waals surface area contributed by atoms with Gasteiger partial charge < -0.3 is 18.8 Å². The number of benzene rings is 2. The van der Waals surface area contributed by atoms with Crippen molar-refractivity contribution in [1.82, 2.24) is 20.0 Å². The number of nitrogens with zero attached hydrogens (tertiary/aromatic N) is 4. The van der Waals surface area contributed by atoms with E-state index in [1.54, 1.807) is 32.4 Å². The third-order valence-electron chi connectivity index (χ3n) is 5.86. The SMILES string of the molecule is COc1ccc(-c2nnc(SCC(=O)N3CCN(C(C)c4ccccc4)CC3)o2)c(OC)c1. The second-order valence-electron chi connectivity index (χ2n) is 7.73. The number of carbonyl (C=O) groups excluding carboxylic acids is 1. The average Bonchev–Trinajstić information content (AvgIpc) is 3.35. The van der Waals surface area contributed by atoms with Crippen LogP contribution >= 0.6 is 11.8 Å². The zero-order chi connectivity index (χ0) is 23.2. The van der Waals surface area contributed by atoms with E-state index < -0.39 is 0 Å². The van der Waals surface area contributed by atoms with E-state index in [4.69, 9.17) is 13.9 Å². The highest BCUT2D eigenvalue weighted by Gasteiger charge is 2.25. The minimum Gasteiger partial charge on any atom is -0.497 e. The highest BCUT2D eigenvalue weighted by atomic mass is 32.2. The Morgan fingerprint density at radius 1 is 1.06 bits per heavy atom. The van der Waals surface area contributed by atoms with Crippen LogP contribution in [0.15, 0.2) is 58.2 Å². The third-order valence-corrected chi connectivity index (χ3v) is 6.66. The van der Waals surface area contributed by atoms with E-state index in [9.17, 15) is 4.79 Å². The molecule has 3 aromatic rings. The number of thioether (sulfide) groups is 1. The van der Waals surface area contributed by atoms with Gasteiger partial charge in [-0.1, -0.05) is 42.1 Å². The van der Waals surface area contributed by atoms with Crippen molar-refractivity contribution in [2.45, 2.75) is 18.2 Å². The molecule has 1 amide bonds. The normalized spacial score (nSPS) is 15.3. The second-order valence-corrected chi connectivity index (χ2v) is 8.66. The van der Waals surface area contributed by atoms with Gasteiger partial charge in [0, 0.05) is 38.3 Å². The lowest BCUT2D eigenvalue weighted by molar-refractivity contribution is -0.130. The molecule has 0 aliphatic carbocycles. The fourth-order valence-electron chi connectivity index (χ4n) is 3.87. The summed E-state index contributed by atoms with van der Waals surface area (Å²) < 4.78 is 16.4. The van der Waals surface area contributed by atoms with Crippen LogP contribution in [0.5, 0.6) is 11.5 Å². The molecule has 1 aliphatic rings. The Bertz CT molecular complexity index is 1070. The minimum atomic E-state index is 0.0776. The minimum absolute atomic E-state index is 0.0776. The molecule has 33 heavy (non-hydrogen) atoms. The van der Waals surface area contributed by atoms with Crippen molar-refractivity contribution in [3.05, 3.63) is 54.1 Å². The van der Waals surface area contributed by atoms with Crippen molar-refractivity contribution in [3.8, 4) is 23.0 Å². The van der Waals surface area contributed by atoms with Gasteiger partial charge in [-0.15, -0.1) is 10.2 Å². The molecule has 0 N–H and O–H groups in total. The molecule has 0 bridgehead atoms. The standard InChI is InChI=1S/C24H28N4O4S/c1-17(18-7-5-4-6-8-18)27-11-13-28(14-12-27)22(29)16-33-24-26-25-23(32-24)20-10-9-19(30-2)15-21(20)31-3/h4-10,15,17H,11-14,16H2,1-3H3. The van der Waals surface area contributed by atoms with Crippen LogP contribution in [-0.2, 0) is 4.79 Å². The van der Waals surface area contributed by atoms with E-state index in [-0.39, 0.29) is 11.7 Å². The molecular weight excluding hydrogens is 440 g/mol. The van der Waals surface area contributed by atoms with Gasteiger partial charge in [0.25, 0.3) is 11.1 Å². The maximum atomic E-state index is 12.7. The lowest BCUT2D eigenvalue weighted by Crippen LogP contribution is -2.49. The molecule has 1 atom stereocenters. The van der Waals surface area contributed by atoms with E-state index in [1.807, 2.05) is 11.0 Å². The number of rotatable bonds is 8. The molecule has 2 aromatic carbocycles. The highest BCUT2D eigenvalue weighted by molar-refractivity contribution is 7.99. The predicted octanol–water partition coefficient (Wildman–Crippen LogP) is 3.75. The Kier molecular flexibility index (Phi) is 7.51. The Morgan fingerprint density at radius 3 is 2.52 bits per heavy atom. The Morgan fingerprint density at radius 2 is 1.82 bits per heavy atom. The van der Waals surface area contributed by atoms with Gasteiger partial charge in [-0.3, -0.25) is 9.69 Å². The summed E-state index contributed by atoms with van der Waals surface area (Å²) in [6.45, 7) is 5.36. The summed E-state index contributed by atoms with van der Waals surface area (Å²) in [5.74, 6) is 1.93. The first kappa shape index (κ1) is 23.1. The van der Waals surface area contributed by atoms with Gasteiger partial charge in [0.05, 0.1) is 25.5 Å². The van der Waals surface area contributed by atoms with Crippen LogP contribution in [0, 0.1) is 0 Å². The molecular formula is C24H28N4O4S. The van der Waals surface area contributed by atoms with Crippen molar-refractivity contribution in [2.75, 3.05) is 46.2 Å². The monoisotopic (exact) mass is 468 g/mol. The van der Waals surface area contributed by atoms with Gasteiger partial charge >= 0.3 is 0 Å². The quantitative estimate of drug-likeness (QED) is 0.463. The fraction of sp³-hybridized carbons (Fsp3) is 0.375. The molecule has 9 heteroatoms. The molecule has 174 valence electrons. The van der Waals surface area contributed by atoms with Gasteiger partial charge in [-0.25, -0.2) is 0 Å². The van der Waals surface area contributed by atoms with E-state index >= 15 is 0 Å². The number of amides is 1. The van der Waals surface area contributed by atoms with Crippen molar-refractivity contribution in [2.24, 2.45) is 0 Å². The van der Waals surface area contributed by atoms with E-state index in [1.165, 1.54) is 17.3 Å². The summed E-state index contributed by atoms with van der Waals surface area (Å²) in [6, 6.07) is 16.2. The van der Waals surface area contributed by atoms with Crippen molar-refractivity contribution in [3.63, 3.8) is 0 Å². The van der Waals surface area contributed by atoms with E-state index in [2.05, 4.69) is 46.3 Å². The van der Waals surface area contributed by atoms with Crippen LogP contribution in [-0.4, -0.2) is 72.1 Å². The maximum absolute atomic E-state index is 12.7. The Labute approximate surface area is 197 Å². The average molecular weight is 469 g/mol. The number of carbonyl (C=O) groups is 1. The number of methoxy groups -OCH3 is 2. The predicted molar refractivity (Wildman–Crippen MR) is 127 cm³/mol. The van der Waals surface area contributed by atoms with Crippen LogP contribution in [0.1, 0.15) is 18.5 Å². The zero-order valence-electron chi connectivity index (χ0n) is 19.1. The first-order chi connectivity index (χ1) is 16.1. The molecule has 0 radical (unpaired) electrons. The van der Waals surface area contributed by atoms with Gasteiger partial charge in [-0.2, -0.15) is 0 Å². The molecule has 1 aromatic heterocycles. The molecule has 1 unspecified atom stereocenters. The molecule has 0 saturated carbocycles. The topological polar surface area (TPSA) is 80.9 Å². The van der Waals surface area contributed by atoms with Gasteiger partial charge in [0.1, 0.15) is 11.5 Å². The number of hydrogen-bond acceptors (Lipinski definition) is 8. The molecule has 4 rings (SSSR count). The van der Waals surface area contributed by atoms with Crippen LogP contribution < -0.4 is 9.47 Å². The van der Waals surface area contributed by atoms with Crippen LogP contribution in [0.25, 0.3) is 11.5 Å². The van der Waals surface area contributed by atoms with Crippen molar-refractivity contribution >= 4 is 17.7 Å². The van der Waals surface area contributed by atoms with Crippen LogP contribution in [0.2, 0.25) is 0 Å². The van der Waals surface area contributed by atoms with Crippen molar-refractivity contribution in [1.29, 1.82) is 0 Å². The maximum Gasteiger partial charge on any atom is 0.277 e. The summed E-state index contributed by atoms with van der Waals surface area (Å²) >= 11 is 1.25. The summed E-state index contributed by atoms with van der Waals surface area (Å²) in [7, 11) is 3.17. The lowest BCUT2D eigenvalue weighted by Gasteiger charge is -2.38. The Hall–Kier alpha value is -3.04. The summed E-state index contributed by atoms with van der Waals surface area (Å²) in [4.78, 5) is 17.1. The number of piperazine rings is 1. The van der Waals surface area contributed by atoms with Crippen molar-refractivity contribution < 1.29 is 18.7 Å². The van der Waals surface area contributed by atoms with Crippen LogP contribution in [0.4, 0.5) is 0 Å². The van der Waals surface area contributed by atoms with Gasteiger partial charge in [0.15, 0.2) is 0 Å². The Balaban J connectivity index is 1.29. The molecule has 2 heterocycles. The second kappa shape index (κ2) is 10.7. The summed E-state index contributed by atoms with van der Waals surface area (Å²) in [5, 5.41) is 8.54. The smallest absolute Gasteiger partial charge is 0.277 e. The number of ether oxygens (including phenoxy) is 2. The van der Waals surface area contributed by atoms with E-state index in [0.29, 0.717) is 47.3 Å². The lowest BCUT2D eigenvalue weighted by atomic mass is 10.1. The molecule has 1 aliphatic heterocycles.